The molecule has 23 heavy (non-hydrogen) atoms. The van der Waals surface area contributed by atoms with Crippen LogP contribution in [0.3, 0.4) is 0 Å². The van der Waals surface area contributed by atoms with Crippen molar-refractivity contribution in [1.29, 1.82) is 0 Å². The van der Waals surface area contributed by atoms with Crippen LogP contribution in [0.1, 0.15) is 56.2 Å². The summed E-state index contributed by atoms with van der Waals surface area (Å²) in [6.45, 7) is 8.68. The SMILES string of the molecule is Cc1cc(CCC2CCCN2Cc2nccn2C(C)C)ccn1. The molecule has 1 unspecified atom stereocenters. The minimum Gasteiger partial charge on any atom is -0.331 e. The number of nitrogens with zero attached hydrogens (tertiary/aromatic N) is 4. The predicted molar refractivity (Wildman–Crippen MR) is 93.3 cm³/mol. The zero-order chi connectivity index (χ0) is 16.2. The van der Waals surface area contributed by atoms with E-state index in [0.29, 0.717) is 12.1 Å². The van der Waals surface area contributed by atoms with Crippen LogP contribution in [0.5, 0.6) is 0 Å². The monoisotopic (exact) mass is 312 g/mol. The lowest BCUT2D eigenvalue weighted by Crippen LogP contribution is -2.30. The van der Waals surface area contributed by atoms with E-state index in [1.54, 1.807) is 0 Å². The zero-order valence-electron chi connectivity index (χ0n) is 14.6. The highest BCUT2D eigenvalue weighted by molar-refractivity contribution is 5.15. The number of aryl methyl sites for hydroxylation is 2. The van der Waals surface area contributed by atoms with Gasteiger partial charge in [0.05, 0.1) is 6.54 Å². The Hall–Kier alpha value is -1.68. The van der Waals surface area contributed by atoms with E-state index in [-0.39, 0.29) is 0 Å². The molecule has 1 atom stereocenters. The van der Waals surface area contributed by atoms with Crippen molar-refractivity contribution in [3.63, 3.8) is 0 Å². The van der Waals surface area contributed by atoms with E-state index in [1.807, 2.05) is 12.4 Å². The molecule has 0 radical (unpaired) electrons. The van der Waals surface area contributed by atoms with Crippen LogP contribution < -0.4 is 0 Å². The van der Waals surface area contributed by atoms with E-state index < -0.39 is 0 Å². The molecule has 1 aliphatic heterocycles. The maximum atomic E-state index is 4.58. The van der Waals surface area contributed by atoms with Gasteiger partial charge < -0.3 is 4.57 Å². The van der Waals surface area contributed by atoms with Crippen LogP contribution in [0.25, 0.3) is 0 Å². The van der Waals surface area contributed by atoms with Crippen LogP contribution >= 0.6 is 0 Å². The van der Waals surface area contributed by atoms with Crippen LogP contribution in [0.2, 0.25) is 0 Å². The van der Waals surface area contributed by atoms with Crippen LogP contribution in [0, 0.1) is 6.92 Å². The van der Waals surface area contributed by atoms with E-state index in [9.17, 15) is 0 Å². The van der Waals surface area contributed by atoms with E-state index >= 15 is 0 Å². The fourth-order valence-corrected chi connectivity index (χ4v) is 3.64. The molecule has 0 N–H and O–H groups in total. The molecule has 0 spiro atoms. The molecule has 0 saturated carbocycles. The van der Waals surface area contributed by atoms with Gasteiger partial charge in [-0.3, -0.25) is 9.88 Å². The summed E-state index contributed by atoms with van der Waals surface area (Å²) < 4.78 is 2.29. The molecule has 1 saturated heterocycles. The third kappa shape index (κ3) is 3.99. The molecule has 0 amide bonds. The van der Waals surface area contributed by atoms with Gasteiger partial charge in [0, 0.05) is 36.4 Å². The van der Waals surface area contributed by atoms with E-state index in [2.05, 4.69) is 58.5 Å². The molecule has 2 aromatic rings. The minimum atomic E-state index is 0.480. The summed E-state index contributed by atoms with van der Waals surface area (Å²) in [6, 6.07) is 5.52. The molecule has 1 fully saturated rings. The maximum Gasteiger partial charge on any atom is 0.123 e. The van der Waals surface area contributed by atoms with Crippen molar-refractivity contribution >= 4 is 0 Å². The number of hydrogen-bond acceptors (Lipinski definition) is 3. The first-order valence-corrected chi connectivity index (χ1v) is 8.81. The lowest BCUT2D eigenvalue weighted by Gasteiger charge is -2.25. The van der Waals surface area contributed by atoms with Gasteiger partial charge in [-0.1, -0.05) is 0 Å². The molecule has 3 rings (SSSR count). The molecular weight excluding hydrogens is 284 g/mol. The van der Waals surface area contributed by atoms with Gasteiger partial charge in [-0.15, -0.1) is 0 Å². The van der Waals surface area contributed by atoms with Gasteiger partial charge in [0.1, 0.15) is 5.82 Å². The van der Waals surface area contributed by atoms with Gasteiger partial charge >= 0.3 is 0 Å². The fraction of sp³-hybridized carbons (Fsp3) is 0.579. The van der Waals surface area contributed by atoms with Crippen LogP contribution in [0.4, 0.5) is 0 Å². The first-order chi connectivity index (χ1) is 11.1. The van der Waals surface area contributed by atoms with Gasteiger partial charge in [0.25, 0.3) is 0 Å². The van der Waals surface area contributed by atoms with Crippen molar-refractivity contribution < 1.29 is 0 Å². The highest BCUT2D eigenvalue weighted by Crippen LogP contribution is 2.24. The minimum absolute atomic E-state index is 0.480. The summed E-state index contributed by atoms with van der Waals surface area (Å²) in [6.07, 6.45) is 10.9. The van der Waals surface area contributed by atoms with Crippen LogP contribution in [-0.2, 0) is 13.0 Å². The first kappa shape index (κ1) is 16.2. The summed E-state index contributed by atoms with van der Waals surface area (Å²) in [5.41, 5.74) is 2.53. The predicted octanol–water partition coefficient (Wildman–Crippen LogP) is 3.76. The number of rotatable bonds is 6. The van der Waals surface area contributed by atoms with Gasteiger partial charge in [0.2, 0.25) is 0 Å². The summed E-state index contributed by atoms with van der Waals surface area (Å²) in [5.74, 6) is 1.20. The summed E-state index contributed by atoms with van der Waals surface area (Å²) in [5, 5.41) is 0. The van der Waals surface area contributed by atoms with Crippen LogP contribution in [-0.4, -0.2) is 32.0 Å². The second kappa shape index (κ2) is 7.26. The number of likely N-dealkylation sites (tertiary alicyclic amines) is 1. The second-order valence-corrected chi connectivity index (χ2v) is 6.96. The average molecular weight is 312 g/mol. The molecule has 0 bridgehead atoms. The molecule has 0 aromatic carbocycles. The molecule has 2 aromatic heterocycles. The van der Waals surface area contributed by atoms with Crippen molar-refractivity contribution in [1.82, 2.24) is 19.4 Å². The molecular formula is C19H28N4. The molecule has 0 aliphatic carbocycles. The topological polar surface area (TPSA) is 34.0 Å². The molecule has 3 heterocycles. The smallest absolute Gasteiger partial charge is 0.123 e. The summed E-state index contributed by atoms with van der Waals surface area (Å²) in [4.78, 5) is 11.5. The van der Waals surface area contributed by atoms with E-state index in [4.69, 9.17) is 0 Å². The Balaban J connectivity index is 1.60. The second-order valence-electron chi connectivity index (χ2n) is 6.96. The molecule has 124 valence electrons. The van der Waals surface area contributed by atoms with Gasteiger partial charge in [-0.2, -0.15) is 0 Å². The Morgan fingerprint density at radius 2 is 2.13 bits per heavy atom. The van der Waals surface area contributed by atoms with Gasteiger partial charge in [-0.25, -0.2) is 4.98 Å². The Morgan fingerprint density at radius 1 is 1.26 bits per heavy atom. The lowest BCUT2D eigenvalue weighted by atomic mass is 10.0. The Labute approximate surface area is 139 Å². The van der Waals surface area contributed by atoms with Crippen molar-refractivity contribution in [2.24, 2.45) is 0 Å². The summed E-state index contributed by atoms with van der Waals surface area (Å²) in [7, 11) is 0. The third-order valence-electron chi connectivity index (χ3n) is 4.88. The summed E-state index contributed by atoms with van der Waals surface area (Å²) >= 11 is 0. The van der Waals surface area contributed by atoms with Gasteiger partial charge in [-0.05, 0) is 70.7 Å². The third-order valence-corrected chi connectivity index (χ3v) is 4.88. The van der Waals surface area contributed by atoms with Crippen molar-refractivity contribution in [3.05, 3.63) is 47.8 Å². The molecule has 4 heteroatoms. The van der Waals surface area contributed by atoms with E-state index in [0.717, 1.165) is 18.7 Å². The fourth-order valence-electron chi connectivity index (χ4n) is 3.64. The molecule has 4 nitrogen and oxygen atoms in total. The number of aromatic nitrogens is 3. The lowest BCUT2D eigenvalue weighted by molar-refractivity contribution is 0.225. The Bertz CT molecular complexity index is 632. The number of imidazole rings is 1. The van der Waals surface area contributed by atoms with Crippen LogP contribution in [0.15, 0.2) is 30.7 Å². The van der Waals surface area contributed by atoms with E-state index in [1.165, 1.54) is 37.2 Å². The Morgan fingerprint density at radius 3 is 2.91 bits per heavy atom. The van der Waals surface area contributed by atoms with Crippen molar-refractivity contribution in [2.45, 2.75) is 65.1 Å². The highest BCUT2D eigenvalue weighted by atomic mass is 15.2. The maximum absolute atomic E-state index is 4.58. The zero-order valence-corrected chi connectivity index (χ0v) is 14.6. The first-order valence-electron chi connectivity index (χ1n) is 8.81. The number of pyridine rings is 1. The standard InChI is InChI=1S/C19H28N4/c1-15(2)23-12-10-21-19(23)14-22-11-4-5-18(22)7-6-17-8-9-20-16(3)13-17/h8-10,12-13,15,18H,4-7,11,14H2,1-3H3. The normalized spacial score (nSPS) is 18.9. The highest BCUT2D eigenvalue weighted by Gasteiger charge is 2.25. The largest absolute Gasteiger partial charge is 0.331 e. The molecule has 1 aliphatic rings. The van der Waals surface area contributed by atoms with Crippen molar-refractivity contribution in [2.75, 3.05) is 6.54 Å². The Kier molecular flexibility index (Phi) is 5.11. The van der Waals surface area contributed by atoms with Crippen molar-refractivity contribution in [3.8, 4) is 0 Å². The van der Waals surface area contributed by atoms with Gasteiger partial charge in [0.15, 0.2) is 0 Å². The quantitative estimate of drug-likeness (QED) is 0.814. The average Bonchev–Trinajstić information content (AvgIpc) is 3.15. The number of hydrogen-bond donors (Lipinski definition) is 0.